The summed E-state index contributed by atoms with van der Waals surface area (Å²) in [5, 5.41) is 7.38. The molecule has 4 aromatic rings. The van der Waals surface area contributed by atoms with E-state index in [4.69, 9.17) is 25.9 Å². The molecular weight excluding hydrogens is 426 g/mol. The van der Waals surface area contributed by atoms with Gasteiger partial charge in [-0.3, -0.25) is 4.79 Å². The molecule has 1 aliphatic heterocycles. The van der Waals surface area contributed by atoms with E-state index in [2.05, 4.69) is 4.98 Å². The van der Waals surface area contributed by atoms with Crippen molar-refractivity contribution in [2.24, 2.45) is 5.10 Å². The first-order valence-corrected chi connectivity index (χ1v) is 10.6. The van der Waals surface area contributed by atoms with Gasteiger partial charge in [-0.25, -0.2) is 9.99 Å². The molecule has 6 nitrogen and oxygen atoms in total. The van der Waals surface area contributed by atoms with Crippen LogP contribution < -0.4 is 4.74 Å². The number of carbonyl (C=O) groups excluding carboxylic acids is 1. The Balaban J connectivity index is 1.62. The van der Waals surface area contributed by atoms with E-state index in [1.54, 1.807) is 19.2 Å². The Labute approximate surface area is 190 Å². The van der Waals surface area contributed by atoms with Crippen LogP contribution in [0.2, 0.25) is 5.15 Å². The second kappa shape index (κ2) is 8.13. The number of benzene rings is 2. The summed E-state index contributed by atoms with van der Waals surface area (Å²) < 4.78 is 10.7. The van der Waals surface area contributed by atoms with Crippen LogP contribution in [0, 0.1) is 6.92 Å². The van der Waals surface area contributed by atoms with Crippen LogP contribution in [0.5, 0.6) is 5.75 Å². The van der Waals surface area contributed by atoms with Gasteiger partial charge < -0.3 is 9.15 Å². The van der Waals surface area contributed by atoms with Crippen molar-refractivity contribution in [3.05, 3.63) is 94.5 Å². The molecule has 0 aliphatic carbocycles. The molecule has 0 saturated carbocycles. The molecule has 160 valence electrons. The highest BCUT2D eigenvalue weighted by molar-refractivity contribution is 6.30. The van der Waals surface area contributed by atoms with E-state index in [1.165, 1.54) is 11.3 Å². The second-order valence-electron chi connectivity index (χ2n) is 7.64. The molecule has 0 radical (unpaired) electrons. The molecule has 0 N–H and O–H groups in total. The van der Waals surface area contributed by atoms with Crippen LogP contribution in [0.25, 0.3) is 10.9 Å². The normalized spacial score (nSPS) is 15.8. The first kappa shape index (κ1) is 20.3. The largest absolute Gasteiger partial charge is 0.497 e. The van der Waals surface area contributed by atoms with Gasteiger partial charge in [0.1, 0.15) is 10.9 Å². The molecule has 7 heteroatoms. The molecule has 0 saturated heterocycles. The minimum Gasteiger partial charge on any atom is -0.497 e. The quantitative estimate of drug-likeness (QED) is 0.373. The number of aryl methyl sites for hydroxylation is 1. The third-order valence-electron chi connectivity index (χ3n) is 5.67. The number of ether oxygens (including phenoxy) is 1. The van der Waals surface area contributed by atoms with Gasteiger partial charge in [-0.2, -0.15) is 5.10 Å². The molecule has 5 rings (SSSR count). The second-order valence-corrected chi connectivity index (χ2v) is 7.99. The highest BCUT2D eigenvalue weighted by Crippen LogP contribution is 2.38. The lowest BCUT2D eigenvalue weighted by Crippen LogP contribution is -2.27. The number of amides is 1. The highest BCUT2D eigenvalue weighted by Gasteiger charge is 2.36. The zero-order valence-electron chi connectivity index (χ0n) is 17.6. The first-order valence-electron chi connectivity index (χ1n) is 10.2. The Morgan fingerprint density at radius 1 is 1.16 bits per heavy atom. The van der Waals surface area contributed by atoms with Crippen LogP contribution in [0.15, 0.2) is 76.4 Å². The van der Waals surface area contributed by atoms with Crippen molar-refractivity contribution in [3.8, 4) is 5.75 Å². The zero-order valence-corrected chi connectivity index (χ0v) is 18.3. The van der Waals surface area contributed by atoms with Crippen molar-refractivity contribution >= 4 is 34.1 Å². The van der Waals surface area contributed by atoms with E-state index < -0.39 is 6.04 Å². The van der Waals surface area contributed by atoms with Crippen LogP contribution in [0.4, 0.5) is 0 Å². The maximum atomic E-state index is 13.3. The number of aromatic nitrogens is 1. The number of pyridine rings is 1. The Kier molecular flexibility index (Phi) is 5.15. The molecule has 0 spiro atoms. The zero-order chi connectivity index (χ0) is 22.2. The van der Waals surface area contributed by atoms with Crippen LogP contribution in [0.1, 0.15) is 39.7 Å². The van der Waals surface area contributed by atoms with E-state index in [0.29, 0.717) is 11.6 Å². The van der Waals surface area contributed by atoms with E-state index in [9.17, 15) is 4.79 Å². The average molecular weight is 446 g/mol. The molecule has 2 aromatic carbocycles. The van der Waals surface area contributed by atoms with Gasteiger partial charge in [0.05, 0.1) is 30.6 Å². The summed E-state index contributed by atoms with van der Waals surface area (Å²) in [6.45, 7) is 2.03. The van der Waals surface area contributed by atoms with Gasteiger partial charge in [-0.15, -0.1) is 0 Å². The van der Waals surface area contributed by atoms with Crippen molar-refractivity contribution in [1.29, 1.82) is 0 Å². The average Bonchev–Trinajstić information content (AvgIpc) is 3.49. The fourth-order valence-corrected chi connectivity index (χ4v) is 4.29. The lowest BCUT2D eigenvalue weighted by Gasteiger charge is -2.22. The van der Waals surface area contributed by atoms with Crippen LogP contribution in [-0.2, 0) is 0 Å². The molecule has 1 aliphatic rings. The standard InChI is InChI=1S/C25H20ClN3O3/c1-15-6-3-4-7-18(15)21-14-22(29(28-21)25(30)23-8-5-11-32-23)19-13-16-12-17(31-2)9-10-20(16)27-24(19)26/h3-13,22H,14H2,1-2H3/t22-/m0/s1. The number of furan rings is 1. The number of fused-ring (bicyclic) bond motifs is 1. The number of methoxy groups -OCH3 is 1. The van der Waals surface area contributed by atoms with Gasteiger partial charge in [0.15, 0.2) is 5.76 Å². The Bertz CT molecular complexity index is 1350. The summed E-state index contributed by atoms with van der Waals surface area (Å²) in [5.41, 5.74) is 4.37. The highest BCUT2D eigenvalue weighted by atomic mass is 35.5. The molecule has 32 heavy (non-hydrogen) atoms. The molecule has 1 atom stereocenters. The van der Waals surface area contributed by atoms with Crippen molar-refractivity contribution in [1.82, 2.24) is 9.99 Å². The molecule has 0 unspecified atom stereocenters. The molecule has 0 bridgehead atoms. The smallest absolute Gasteiger partial charge is 0.310 e. The predicted molar refractivity (Wildman–Crippen MR) is 123 cm³/mol. The van der Waals surface area contributed by atoms with E-state index in [0.717, 1.165) is 39.1 Å². The molecule has 2 aromatic heterocycles. The summed E-state index contributed by atoms with van der Waals surface area (Å²) in [6, 6.07) is 18.4. The van der Waals surface area contributed by atoms with Crippen molar-refractivity contribution in [3.63, 3.8) is 0 Å². The fourth-order valence-electron chi connectivity index (χ4n) is 4.02. The van der Waals surface area contributed by atoms with Gasteiger partial charge in [0.2, 0.25) is 0 Å². The number of hydrogen-bond acceptors (Lipinski definition) is 5. The number of halogens is 1. The topological polar surface area (TPSA) is 67.9 Å². The fraction of sp³-hybridized carbons (Fsp3) is 0.160. The lowest BCUT2D eigenvalue weighted by molar-refractivity contribution is 0.0678. The van der Waals surface area contributed by atoms with Gasteiger partial charge in [-0.1, -0.05) is 35.9 Å². The Morgan fingerprint density at radius 2 is 2.00 bits per heavy atom. The maximum Gasteiger partial charge on any atom is 0.310 e. The third-order valence-corrected chi connectivity index (χ3v) is 5.97. The number of hydrazone groups is 1. The number of hydrogen-bond donors (Lipinski definition) is 0. The van der Waals surface area contributed by atoms with Crippen molar-refractivity contribution in [2.45, 2.75) is 19.4 Å². The summed E-state index contributed by atoms with van der Waals surface area (Å²) in [6.07, 6.45) is 1.98. The molecular formula is C25H20ClN3O3. The maximum absolute atomic E-state index is 13.3. The number of carbonyl (C=O) groups is 1. The molecule has 1 amide bonds. The summed E-state index contributed by atoms with van der Waals surface area (Å²) >= 11 is 6.62. The van der Waals surface area contributed by atoms with Crippen LogP contribution >= 0.6 is 11.6 Å². The summed E-state index contributed by atoms with van der Waals surface area (Å²) in [7, 11) is 1.62. The monoisotopic (exact) mass is 445 g/mol. The van der Waals surface area contributed by atoms with Gasteiger partial charge >= 0.3 is 5.91 Å². The number of rotatable bonds is 4. The first-order chi connectivity index (χ1) is 15.5. The number of nitrogens with zero attached hydrogens (tertiary/aromatic N) is 3. The van der Waals surface area contributed by atoms with Crippen molar-refractivity contribution < 1.29 is 13.9 Å². The predicted octanol–water partition coefficient (Wildman–Crippen LogP) is 5.79. The van der Waals surface area contributed by atoms with Crippen LogP contribution in [0.3, 0.4) is 0 Å². The SMILES string of the molecule is COc1ccc2nc(Cl)c([C@@H]3CC(c4ccccc4C)=NN3C(=O)c3ccco3)cc2c1. The minimum absolute atomic E-state index is 0.219. The van der Waals surface area contributed by atoms with E-state index >= 15 is 0 Å². The van der Waals surface area contributed by atoms with Gasteiger partial charge in [0, 0.05) is 22.9 Å². The van der Waals surface area contributed by atoms with E-state index in [-0.39, 0.29) is 11.7 Å². The summed E-state index contributed by atoms with van der Waals surface area (Å²) in [4.78, 5) is 17.8. The lowest BCUT2D eigenvalue weighted by atomic mass is 9.96. The summed E-state index contributed by atoms with van der Waals surface area (Å²) in [5.74, 6) is 0.612. The van der Waals surface area contributed by atoms with Gasteiger partial charge in [0.25, 0.3) is 0 Å². The van der Waals surface area contributed by atoms with Crippen molar-refractivity contribution in [2.75, 3.05) is 7.11 Å². The van der Waals surface area contributed by atoms with Gasteiger partial charge in [-0.05, 0) is 48.9 Å². The Morgan fingerprint density at radius 3 is 2.75 bits per heavy atom. The molecule has 0 fully saturated rings. The Hall–Kier alpha value is -3.64. The minimum atomic E-state index is -0.419. The van der Waals surface area contributed by atoms with Crippen LogP contribution in [-0.4, -0.2) is 28.7 Å². The third kappa shape index (κ3) is 3.52. The van der Waals surface area contributed by atoms with E-state index in [1.807, 2.05) is 55.5 Å². The molecule has 3 heterocycles.